The predicted molar refractivity (Wildman–Crippen MR) is 70.3 cm³/mol. The molecule has 2 aliphatic heterocycles. The molecule has 0 saturated carbocycles. The largest absolute Gasteiger partial charge is 0.455 e. The highest BCUT2D eigenvalue weighted by atomic mass is 16.7. The van der Waals surface area contributed by atoms with Crippen LogP contribution in [0.15, 0.2) is 18.2 Å². The van der Waals surface area contributed by atoms with Gasteiger partial charge in [0, 0.05) is 4.92 Å². The molecule has 24 heavy (non-hydrogen) atoms. The van der Waals surface area contributed by atoms with E-state index < -0.39 is 46.3 Å². The highest BCUT2D eigenvalue weighted by molar-refractivity contribution is 6.17. The van der Waals surface area contributed by atoms with Gasteiger partial charge in [-0.2, -0.15) is 0 Å². The van der Waals surface area contributed by atoms with Crippen molar-refractivity contribution >= 4 is 17.8 Å². The van der Waals surface area contributed by atoms with Gasteiger partial charge in [-0.3, -0.25) is 24.9 Å². The van der Waals surface area contributed by atoms with Crippen molar-refractivity contribution in [3.63, 3.8) is 0 Å². The van der Waals surface area contributed by atoms with E-state index in [1.54, 1.807) is 12.1 Å². The molecule has 1 atom stereocenters. The second-order valence-corrected chi connectivity index (χ2v) is 5.07. The second-order valence-electron chi connectivity index (χ2n) is 5.07. The summed E-state index contributed by atoms with van der Waals surface area (Å²) < 4.78 is 15.1. The Morgan fingerprint density at radius 2 is 2.08 bits per heavy atom. The quantitative estimate of drug-likeness (QED) is 0.194. The van der Waals surface area contributed by atoms with Crippen LogP contribution < -0.4 is 9.47 Å². The lowest BCUT2D eigenvalue weighted by Gasteiger charge is -2.15. The predicted octanol–water partition coefficient (Wildman–Crippen LogP) is -0.378. The van der Waals surface area contributed by atoms with Crippen molar-refractivity contribution in [2.24, 2.45) is 0 Å². The first-order valence-corrected chi connectivity index (χ1v) is 6.63. The lowest BCUT2D eigenvalue weighted by atomic mass is 9.99. The monoisotopic (exact) mass is 338 g/mol. The first-order valence-electron chi connectivity index (χ1n) is 6.63. The second kappa shape index (κ2) is 5.45. The number of carbonyl (C=O) groups excluding carboxylic acids is 3. The zero-order valence-corrected chi connectivity index (χ0v) is 12.0. The third kappa shape index (κ3) is 2.22. The van der Waals surface area contributed by atoms with Crippen molar-refractivity contribution in [2.45, 2.75) is 18.6 Å². The van der Waals surface area contributed by atoms with Crippen LogP contribution in [-0.4, -0.2) is 45.3 Å². The first-order chi connectivity index (χ1) is 11.4. The lowest BCUT2D eigenvalue weighted by molar-refractivity contribution is -0.537. The Morgan fingerprint density at radius 3 is 2.71 bits per heavy atom. The Morgan fingerprint density at radius 1 is 1.38 bits per heavy atom. The summed E-state index contributed by atoms with van der Waals surface area (Å²) in [6.07, 6.45) is -1.10. The number of nitro groups is 1. The molecule has 11 heteroatoms. The smallest absolute Gasteiger partial charge is 0.404 e. The number of hydroxylamine groups is 2. The van der Waals surface area contributed by atoms with E-state index in [0.717, 1.165) is 0 Å². The maximum atomic E-state index is 12.1. The van der Waals surface area contributed by atoms with Gasteiger partial charge in [-0.1, -0.05) is 6.07 Å². The highest BCUT2D eigenvalue weighted by Crippen LogP contribution is 2.33. The molecular formula is C13H10N2O9. The fourth-order valence-electron chi connectivity index (χ4n) is 2.33. The van der Waals surface area contributed by atoms with Gasteiger partial charge in [-0.25, -0.2) is 4.79 Å². The summed E-state index contributed by atoms with van der Waals surface area (Å²) in [7, 11) is 0. The van der Waals surface area contributed by atoms with E-state index in [2.05, 4.69) is 0 Å². The number of amides is 2. The third-order valence-electron chi connectivity index (χ3n) is 3.65. The van der Waals surface area contributed by atoms with Crippen LogP contribution in [-0.2, 0) is 25.7 Å². The highest BCUT2D eigenvalue weighted by Gasteiger charge is 2.69. The van der Waals surface area contributed by atoms with E-state index in [0.29, 0.717) is 17.1 Å². The number of nitrogens with zero attached hydrogens (tertiary/aromatic N) is 2. The Labute approximate surface area is 133 Å². The number of benzene rings is 1. The van der Waals surface area contributed by atoms with Crippen molar-refractivity contribution < 1.29 is 38.7 Å². The fraction of sp³-hybridized carbons (Fsp3) is 0.308. The summed E-state index contributed by atoms with van der Waals surface area (Å²) in [5.41, 5.74) is -2.54. The molecular weight excluding hydrogens is 328 g/mol. The standard InChI is InChI=1S/C13H10N2O9/c16-10-4-13(15(20)21,11(17)14(10)19)12(18)22-5-7-1-2-8-9(3-7)24-6-23-8/h1-3,19H,4-6H2. The van der Waals surface area contributed by atoms with Gasteiger partial charge in [0.2, 0.25) is 6.79 Å². The number of hydrogen-bond donors (Lipinski definition) is 1. The van der Waals surface area contributed by atoms with Crippen LogP contribution in [0.4, 0.5) is 0 Å². The molecule has 0 aliphatic carbocycles. The average Bonchev–Trinajstić information content (AvgIpc) is 3.11. The van der Waals surface area contributed by atoms with Crippen LogP contribution in [0.5, 0.6) is 11.5 Å². The summed E-state index contributed by atoms with van der Waals surface area (Å²) in [5, 5.41) is 19.9. The van der Waals surface area contributed by atoms with E-state index in [1.807, 2.05) is 0 Å². The summed E-state index contributed by atoms with van der Waals surface area (Å²) in [6.45, 7) is -0.343. The molecule has 2 amide bonds. The third-order valence-corrected chi connectivity index (χ3v) is 3.65. The molecule has 1 saturated heterocycles. The average molecular weight is 338 g/mol. The number of rotatable bonds is 4. The molecule has 0 aromatic heterocycles. The molecule has 1 unspecified atom stereocenters. The minimum absolute atomic E-state index is 0.0476. The van der Waals surface area contributed by atoms with Crippen molar-refractivity contribution in [1.29, 1.82) is 0 Å². The molecule has 11 nitrogen and oxygen atoms in total. The number of ether oxygens (including phenoxy) is 3. The lowest BCUT2D eigenvalue weighted by Crippen LogP contribution is -2.53. The summed E-state index contributed by atoms with van der Waals surface area (Å²) >= 11 is 0. The van der Waals surface area contributed by atoms with E-state index >= 15 is 0 Å². The zero-order valence-electron chi connectivity index (χ0n) is 12.0. The molecule has 3 rings (SSSR count). The van der Waals surface area contributed by atoms with E-state index in [1.165, 1.54) is 6.07 Å². The summed E-state index contributed by atoms with van der Waals surface area (Å²) in [5.74, 6) is -3.51. The fourth-order valence-corrected chi connectivity index (χ4v) is 2.33. The molecule has 1 N–H and O–H groups in total. The van der Waals surface area contributed by atoms with Crippen molar-refractivity contribution in [3.8, 4) is 11.5 Å². The Kier molecular flexibility index (Phi) is 3.56. The molecule has 126 valence electrons. The van der Waals surface area contributed by atoms with Crippen molar-refractivity contribution in [1.82, 2.24) is 5.06 Å². The van der Waals surface area contributed by atoms with E-state index in [9.17, 15) is 29.7 Å². The Bertz CT molecular complexity index is 762. The SMILES string of the molecule is O=C1CC(C(=O)OCc2ccc3c(c2)OCO3)([N+](=O)[O-])C(=O)N1O. The minimum Gasteiger partial charge on any atom is -0.455 e. The Hall–Kier alpha value is -3.21. The maximum Gasteiger partial charge on any atom is 0.404 e. The van der Waals surface area contributed by atoms with Gasteiger partial charge in [0.05, 0.1) is 0 Å². The van der Waals surface area contributed by atoms with Crippen molar-refractivity contribution in [3.05, 3.63) is 33.9 Å². The number of hydrogen-bond acceptors (Lipinski definition) is 9. The molecule has 2 heterocycles. The normalized spacial score (nSPS) is 22.0. The van der Waals surface area contributed by atoms with Gasteiger partial charge in [-0.15, -0.1) is 5.06 Å². The van der Waals surface area contributed by atoms with E-state index in [-0.39, 0.29) is 6.79 Å². The topological polar surface area (TPSA) is 146 Å². The number of carbonyl (C=O) groups is 3. The molecule has 0 bridgehead atoms. The molecule has 0 radical (unpaired) electrons. The summed E-state index contributed by atoms with van der Waals surface area (Å²) in [4.78, 5) is 45.1. The zero-order chi connectivity index (χ0) is 17.5. The molecule has 1 aromatic carbocycles. The van der Waals surface area contributed by atoms with Gasteiger partial charge < -0.3 is 14.2 Å². The van der Waals surface area contributed by atoms with Crippen LogP contribution in [0, 0.1) is 10.1 Å². The van der Waals surface area contributed by atoms with Crippen LogP contribution in [0.3, 0.4) is 0 Å². The summed E-state index contributed by atoms with van der Waals surface area (Å²) in [6, 6.07) is 4.61. The van der Waals surface area contributed by atoms with Gasteiger partial charge in [0.1, 0.15) is 13.0 Å². The van der Waals surface area contributed by atoms with Crippen LogP contribution in [0.25, 0.3) is 0 Å². The van der Waals surface area contributed by atoms with Crippen molar-refractivity contribution in [2.75, 3.05) is 6.79 Å². The van der Waals surface area contributed by atoms with Crippen LogP contribution in [0.1, 0.15) is 12.0 Å². The van der Waals surface area contributed by atoms with Gasteiger partial charge in [0.15, 0.2) is 11.5 Å². The molecule has 0 spiro atoms. The molecule has 1 fully saturated rings. The number of esters is 1. The molecule has 1 aromatic rings. The van der Waals surface area contributed by atoms with Crippen LogP contribution in [0.2, 0.25) is 0 Å². The Balaban J connectivity index is 1.77. The van der Waals surface area contributed by atoms with Gasteiger partial charge in [-0.05, 0) is 17.7 Å². The maximum absolute atomic E-state index is 12.1. The van der Waals surface area contributed by atoms with Crippen LogP contribution >= 0.6 is 0 Å². The van der Waals surface area contributed by atoms with Gasteiger partial charge >= 0.3 is 17.4 Å². The minimum atomic E-state index is -2.97. The van der Waals surface area contributed by atoms with Gasteiger partial charge in [0.25, 0.3) is 5.91 Å². The number of imide groups is 1. The molecule has 2 aliphatic rings. The van der Waals surface area contributed by atoms with E-state index in [4.69, 9.17) is 14.2 Å². The first kappa shape index (κ1) is 15.7. The number of fused-ring (bicyclic) bond motifs is 1.